The van der Waals surface area contributed by atoms with Gasteiger partial charge in [0.05, 0.1) is 16.6 Å². The van der Waals surface area contributed by atoms with Gasteiger partial charge in [0.25, 0.3) is 0 Å². The maximum atomic E-state index is 6.16. The lowest BCUT2D eigenvalue weighted by Gasteiger charge is -2.20. The number of hydrogen-bond acceptors (Lipinski definition) is 4. The molecule has 0 N–H and O–H groups in total. The van der Waals surface area contributed by atoms with Crippen LogP contribution in [0.3, 0.4) is 0 Å². The van der Waals surface area contributed by atoms with Crippen LogP contribution in [0, 0.1) is 0 Å². The minimum atomic E-state index is 0.720. The first-order valence-electron chi connectivity index (χ1n) is 13.3. The van der Waals surface area contributed by atoms with Gasteiger partial charge in [0.1, 0.15) is 11.5 Å². The average Bonchev–Trinajstić information content (AvgIpc) is 3.38. The molecular weight excluding hydrogens is 508 g/mol. The van der Waals surface area contributed by atoms with E-state index in [0.717, 1.165) is 50.4 Å². The number of thiophene rings is 1. The van der Waals surface area contributed by atoms with Crippen molar-refractivity contribution in [3.8, 4) is 45.3 Å². The summed E-state index contributed by atoms with van der Waals surface area (Å²) in [6.07, 6.45) is 0. The number of aromatic nitrogens is 2. The van der Waals surface area contributed by atoms with Gasteiger partial charge >= 0.3 is 0 Å². The quantitative estimate of drug-likeness (QED) is 0.224. The molecule has 2 aromatic heterocycles. The van der Waals surface area contributed by atoms with Crippen molar-refractivity contribution in [3.63, 3.8) is 0 Å². The number of fused-ring (bicyclic) bond motifs is 6. The van der Waals surface area contributed by atoms with E-state index in [9.17, 15) is 0 Å². The van der Waals surface area contributed by atoms with E-state index in [1.54, 1.807) is 0 Å². The lowest BCUT2D eigenvalue weighted by atomic mass is 9.98. The molecule has 9 rings (SSSR count). The Morgan fingerprint density at radius 1 is 0.525 bits per heavy atom. The van der Waals surface area contributed by atoms with Crippen LogP contribution in [0.4, 0.5) is 0 Å². The predicted molar refractivity (Wildman–Crippen MR) is 166 cm³/mol. The van der Waals surface area contributed by atoms with Gasteiger partial charge in [0.2, 0.25) is 0 Å². The molecule has 0 saturated carbocycles. The number of hydrogen-bond donors (Lipinski definition) is 0. The van der Waals surface area contributed by atoms with Crippen molar-refractivity contribution in [2.45, 2.75) is 0 Å². The van der Waals surface area contributed by atoms with Crippen molar-refractivity contribution < 1.29 is 4.74 Å². The molecule has 6 aromatic carbocycles. The summed E-state index contributed by atoms with van der Waals surface area (Å²) in [5, 5.41) is 5.97. The molecule has 186 valence electrons. The Morgan fingerprint density at radius 2 is 1.25 bits per heavy atom. The number of para-hydroxylation sites is 1. The zero-order valence-corrected chi connectivity index (χ0v) is 22.1. The Balaban J connectivity index is 1.15. The first kappa shape index (κ1) is 21.8. The van der Waals surface area contributed by atoms with Crippen LogP contribution in [0.5, 0.6) is 11.5 Å². The number of benzene rings is 6. The summed E-state index contributed by atoms with van der Waals surface area (Å²) in [6.45, 7) is 0. The third-order valence-corrected chi connectivity index (χ3v) is 9.01. The fourth-order valence-corrected chi connectivity index (χ4v) is 6.99. The van der Waals surface area contributed by atoms with Gasteiger partial charge in [-0.25, -0.2) is 9.97 Å². The molecule has 0 aliphatic carbocycles. The lowest BCUT2D eigenvalue weighted by Crippen LogP contribution is -2.02. The number of ether oxygens (including phenoxy) is 1. The highest BCUT2D eigenvalue weighted by molar-refractivity contribution is 7.25. The third-order valence-electron chi connectivity index (χ3n) is 7.86. The van der Waals surface area contributed by atoms with Crippen LogP contribution in [0.15, 0.2) is 121 Å². The molecule has 4 heteroatoms. The second-order valence-electron chi connectivity index (χ2n) is 10.2. The Hall–Kier alpha value is -5.06. The van der Waals surface area contributed by atoms with Crippen LogP contribution in [-0.2, 0) is 0 Å². The topological polar surface area (TPSA) is 35.0 Å². The van der Waals surface area contributed by atoms with Gasteiger partial charge < -0.3 is 4.74 Å². The van der Waals surface area contributed by atoms with Crippen LogP contribution < -0.4 is 4.74 Å². The van der Waals surface area contributed by atoms with Crippen LogP contribution in [0.25, 0.3) is 75.6 Å². The Morgan fingerprint density at radius 3 is 2.20 bits per heavy atom. The fourth-order valence-electron chi connectivity index (χ4n) is 5.90. The second-order valence-corrected chi connectivity index (χ2v) is 11.3. The van der Waals surface area contributed by atoms with Gasteiger partial charge in [-0.3, -0.25) is 0 Å². The van der Waals surface area contributed by atoms with E-state index >= 15 is 0 Å². The molecule has 1 aliphatic heterocycles. The van der Waals surface area contributed by atoms with Crippen LogP contribution in [0.1, 0.15) is 0 Å². The minimum absolute atomic E-state index is 0.720. The monoisotopic (exact) mass is 528 g/mol. The normalized spacial score (nSPS) is 12.2. The van der Waals surface area contributed by atoms with E-state index in [-0.39, 0.29) is 0 Å². The van der Waals surface area contributed by atoms with Gasteiger partial charge in [-0.2, -0.15) is 0 Å². The van der Waals surface area contributed by atoms with E-state index in [1.165, 1.54) is 36.7 Å². The molecule has 0 atom stereocenters. The van der Waals surface area contributed by atoms with Crippen LogP contribution in [0.2, 0.25) is 0 Å². The smallest absolute Gasteiger partial charge is 0.160 e. The van der Waals surface area contributed by atoms with Crippen molar-refractivity contribution >= 4 is 53.2 Å². The van der Waals surface area contributed by atoms with Crippen molar-refractivity contribution in [2.24, 2.45) is 0 Å². The molecule has 0 amide bonds. The highest BCUT2D eigenvalue weighted by Crippen LogP contribution is 2.45. The maximum Gasteiger partial charge on any atom is 0.160 e. The van der Waals surface area contributed by atoms with E-state index in [1.807, 2.05) is 47.7 Å². The summed E-state index contributed by atoms with van der Waals surface area (Å²) in [4.78, 5) is 10.0. The van der Waals surface area contributed by atoms with Crippen LogP contribution in [-0.4, -0.2) is 9.97 Å². The molecule has 40 heavy (non-hydrogen) atoms. The van der Waals surface area contributed by atoms with Gasteiger partial charge in [0, 0.05) is 31.3 Å². The SMILES string of the molecule is c1ccc2c(c1)Oc1cccc3nc(-c4ccc5cc(-c6ccc7sc8ccccc8c7c6)ccc5c4)nc-2c13. The molecular formula is C36H20N2OS. The molecule has 3 heterocycles. The summed E-state index contributed by atoms with van der Waals surface area (Å²) in [6, 6.07) is 42.7. The zero-order chi connectivity index (χ0) is 26.2. The molecule has 8 aromatic rings. The lowest BCUT2D eigenvalue weighted by molar-refractivity contribution is 0.486. The average molecular weight is 529 g/mol. The molecule has 0 saturated heterocycles. The molecule has 0 unspecified atom stereocenters. The standard InChI is InChI=1S/C36H20N2OS/c1-3-9-30-27(7-1)35-34-29(8-5-10-31(34)39-30)37-36(38-35)25-15-14-21-18-22(12-13-23(21)19-25)24-16-17-33-28(20-24)26-6-2-4-11-32(26)40-33/h1-20H. The summed E-state index contributed by atoms with van der Waals surface area (Å²) >= 11 is 1.85. The van der Waals surface area contributed by atoms with Crippen molar-refractivity contribution in [3.05, 3.63) is 121 Å². The molecule has 0 bridgehead atoms. The highest BCUT2D eigenvalue weighted by Gasteiger charge is 2.23. The van der Waals surface area contributed by atoms with E-state index < -0.39 is 0 Å². The Kier molecular flexibility index (Phi) is 4.48. The molecule has 0 radical (unpaired) electrons. The van der Waals surface area contributed by atoms with E-state index in [2.05, 4.69) is 84.9 Å². The summed E-state index contributed by atoms with van der Waals surface area (Å²) < 4.78 is 8.82. The predicted octanol–water partition coefficient (Wildman–Crippen LogP) is 10.3. The van der Waals surface area contributed by atoms with Crippen molar-refractivity contribution in [2.75, 3.05) is 0 Å². The van der Waals surface area contributed by atoms with Gasteiger partial charge in [-0.15, -0.1) is 11.3 Å². The summed E-state index contributed by atoms with van der Waals surface area (Å²) in [5.41, 5.74) is 6.25. The first-order chi connectivity index (χ1) is 19.8. The maximum absolute atomic E-state index is 6.16. The van der Waals surface area contributed by atoms with Gasteiger partial charge in [-0.1, -0.05) is 66.7 Å². The van der Waals surface area contributed by atoms with Gasteiger partial charge in [0.15, 0.2) is 5.82 Å². The van der Waals surface area contributed by atoms with Crippen molar-refractivity contribution in [1.82, 2.24) is 9.97 Å². The number of rotatable bonds is 2. The molecule has 0 spiro atoms. The van der Waals surface area contributed by atoms with E-state index in [4.69, 9.17) is 14.7 Å². The van der Waals surface area contributed by atoms with Crippen molar-refractivity contribution in [1.29, 1.82) is 0 Å². The zero-order valence-electron chi connectivity index (χ0n) is 21.3. The largest absolute Gasteiger partial charge is 0.456 e. The van der Waals surface area contributed by atoms with Gasteiger partial charge in [-0.05, 0) is 76.5 Å². The summed E-state index contributed by atoms with van der Waals surface area (Å²) in [7, 11) is 0. The third kappa shape index (κ3) is 3.23. The second kappa shape index (κ2) is 8.22. The first-order valence-corrected chi connectivity index (χ1v) is 14.1. The molecule has 3 nitrogen and oxygen atoms in total. The Labute approximate surface area is 234 Å². The highest BCUT2D eigenvalue weighted by atomic mass is 32.1. The fraction of sp³-hybridized carbons (Fsp3) is 0. The molecule has 1 aliphatic rings. The van der Waals surface area contributed by atoms with Crippen LogP contribution >= 0.6 is 11.3 Å². The number of nitrogens with zero attached hydrogens (tertiary/aromatic N) is 2. The summed E-state index contributed by atoms with van der Waals surface area (Å²) in [5.74, 6) is 2.35. The van der Waals surface area contributed by atoms with E-state index in [0.29, 0.717) is 0 Å². The minimum Gasteiger partial charge on any atom is -0.456 e. The molecule has 0 fully saturated rings. The Bertz CT molecular complexity index is 2320.